The highest BCUT2D eigenvalue weighted by Crippen LogP contribution is 2.24. The van der Waals surface area contributed by atoms with Gasteiger partial charge in [0.15, 0.2) is 0 Å². The molecule has 0 N–H and O–H groups in total. The maximum Gasteiger partial charge on any atom is 0.123 e. The van der Waals surface area contributed by atoms with E-state index in [0.29, 0.717) is 11.1 Å². The molecule has 2 heteroatoms. The number of hydrogen-bond acceptors (Lipinski definition) is 1. The van der Waals surface area contributed by atoms with Crippen molar-refractivity contribution < 1.29 is 4.39 Å². The van der Waals surface area contributed by atoms with Crippen molar-refractivity contribution in [2.45, 2.75) is 6.92 Å². The van der Waals surface area contributed by atoms with Gasteiger partial charge in [-0.2, -0.15) is 5.26 Å². The second-order valence-electron chi connectivity index (χ2n) is 3.67. The molecule has 16 heavy (non-hydrogen) atoms. The van der Waals surface area contributed by atoms with E-state index in [4.69, 9.17) is 5.26 Å². The molecule has 2 aromatic rings. The van der Waals surface area contributed by atoms with Crippen LogP contribution in [0.1, 0.15) is 11.1 Å². The Bertz CT molecular complexity index is 567. The Morgan fingerprint density at radius 1 is 1.12 bits per heavy atom. The van der Waals surface area contributed by atoms with Crippen LogP contribution in [0.5, 0.6) is 0 Å². The predicted octanol–water partition coefficient (Wildman–Crippen LogP) is 3.67. The lowest BCUT2D eigenvalue weighted by atomic mass is 9.99. The van der Waals surface area contributed by atoms with Crippen molar-refractivity contribution in [1.29, 1.82) is 5.26 Å². The van der Waals surface area contributed by atoms with Crippen molar-refractivity contribution in [2.24, 2.45) is 0 Å². The van der Waals surface area contributed by atoms with E-state index in [2.05, 4.69) is 6.07 Å². The topological polar surface area (TPSA) is 23.8 Å². The maximum absolute atomic E-state index is 13.2. The fraction of sp³-hybridized carbons (Fsp3) is 0.0714. The van der Waals surface area contributed by atoms with Gasteiger partial charge >= 0.3 is 0 Å². The van der Waals surface area contributed by atoms with Crippen molar-refractivity contribution in [2.75, 3.05) is 0 Å². The molecule has 0 atom stereocenters. The largest absolute Gasteiger partial charge is 0.207 e. The molecule has 0 aliphatic heterocycles. The number of benzene rings is 2. The summed E-state index contributed by atoms with van der Waals surface area (Å²) in [5.41, 5.74) is 3.10. The van der Waals surface area contributed by atoms with Crippen molar-refractivity contribution in [3.05, 3.63) is 59.4 Å². The second-order valence-corrected chi connectivity index (χ2v) is 3.67. The molecular formula is C14H10FN. The normalized spacial score (nSPS) is 9.81. The minimum absolute atomic E-state index is 0.324. The molecule has 1 nitrogen and oxygen atoms in total. The van der Waals surface area contributed by atoms with Crippen LogP contribution in [0.2, 0.25) is 0 Å². The van der Waals surface area contributed by atoms with E-state index < -0.39 is 0 Å². The Hall–Kier alpha value is -2.14. The van der Waals surface area contributed by atoms with E-state index in [1.165, 1.54) is 18.2 Å². The van der Waals surface area contributed by atoms with Gasteiger partial charge in [-0.25, -0.2) is 4.39 Å². The third-order valence-electron chi connectivity index (χ3n) is 2.43. The fourth-order valence-corrected chi connectivity index (χ4v) is 1.67. The van der Waals surface area contributed by atoms with Crippen molar-refractivity contribution >= 4 is 0 Å². The van der Waals surface area contributed by atoms with Crippen LogP contribution in [0.3, 0.4) is 0 Å². The molecule has 0 radical (unpaired) electrons. The highest BCUT2D eigenvalue weighted by atomic mass is 19.1. The SMILES string of the molecule is Cc1cccc(-c2cc(F)ccc2C#N)c1. The molecule has 0 fully saturated rings. The third kappa shape index (κ3) is 1.94. The second kappa shape index (κ2) is 4.16. The quantitative estimate of drug-likeness (QED) is 0.706. The van der Waals surface area contributed by atoms with Gasteiger partial charge in [0.1, 0.15) is 5.82 Å². The van der Waals surface area contributed by atoms with E-state index in [-0.39, 0.29) is 5.82 Å². The smallest absolute Gasteiger partial charge is 0.123 e. The zero-order valence-corrected chi connectivity index (χ0v) is 8.87. The fourth-order valence-electron chi connectivity index (χ4n) is 1.67. The monoisotopic (exact) mass is 211 g/mol. The molecule has 78 valence electrons. The maximum atomic E-state index is 13.2. The van der Waals surface area contributed by atoms with E-state index in [9.17, 15) is 4.39 Å². The number of hydrogen-bond donors (Lipinski definition) is 0. The van der Waals surface area contributed by atoms with Gasteiger partial charge in [0.2, 0.25) is 0 Å². The van der Waals surface area contributed by atoms with Gasteiger partial charge < -0.3 is 0 Å². The number of nitriles is 1. The summed E-state index contributed by atoms with van der Waals surface area (Å²) in [5.74, 6) is -0.324. The zero-order chi connectivity index (χ0) is 11.5. The number of rotatable bonds is 1. The molecule has 0 aromatic heterocycles. The lowest BCUT2D eigenvalue weighted by Gasteiger charge is -2.05. The summed E-state index contributed by atoms with van der Waals surface area (Å²) in [5, 5.41) is 8.97. The van der Waals surface area contributed by atoms with Crippen LogP contribution < -0.4 is 0 Å². The minimum Gasteiger partial charge on any atom is -0.207 e. The zero-order valence-electron chi connectivity index (χ0n) is 8.87. The Labute approximate surface area is 93.8 Å². The summed E-state index contributed by atoms with van der Waals surface area (Å²) >= 11 is 0. The Morgan fingerprint density at radius 3 is 2.62 bits per heavy atom. The average molecular weight is 211 g/mol. The number of halogens is 1. The van der Waals surface area contributed by atoms with E-state index in [1.807, 2.05) is 31.2 Å². The van der Waals surface area contributed by atoms with Crippen LogP contribution in [0.25, 0.3) is 11.1 Å². The molecular weight excluding hydrogens is 201 g/mol. The Balaban J connectivity index is 2.64. The molecule has 0 aliphatic rings. The summed E-state index contributed by atoms with van der Waals surface area (Å²) in [4.78, 5) is 0. The molecule has 0 saturated carbocycles. The summed E-state index contributed by atoms with van der Waals surface area (Å²) in [6.07, 6.45) is 0. The van der Waals surface area contributed by atoms with Crippen molar-refractivity contribution in [3.63, 3.8) is 0 Å². The van der Waals surface area contributed by atoms with Gasteiger partial charge in [-0.15, -0.1) is 0 Å². The summed E-state index contributed by atoms with van der Waals surface area (Å²) < 4.78 is 13.2. The van der Waals surface area contributed by atoms with Crippen molar-refractivity contribution in [1.82, 2.24) is 0 Å². The standard InChI is InChI=1S/C14H10FN/c1-10-3-2-4-11(7-10)14-8-13(15)6-5-12(14)9-16/h2-8H,1H3. The van der Waals surface area contributed by atoms with E-state index in [0.717, 1.165) is 11.1 Å². The van der Waals surface area contributed by atoms with Crippen LogP contribution in [-0.2, 0) is 0 Å². The molecule has 0 saturated heterocycles. The molecule has 2 aromatic carbocycles. The van der Waals surface area contributed by atoms with Crippen LogP contribution in [0, 0.1) is 24.1 Å². The first-order valence-electron chi connectivity index (χ1n) is 4.97. The Morgan fingerprint density at radius 2 is 1.94 bits per heavy atom. The lowest BCUT2D eigenvalue weighted by Crippen LogP contribution is -1.87. The van der Waals surface area contributed by atoms with Crippen LogP contribution >= 0.6 is 0 Å². The van der Waals surface area contributed by atoms with Crippen molar-refractivity contribution in [3.8, 4) is 17.2 Å². The highest BCUT2D eigenvalue weighted by molar-refractivity contribution is 5.70. The van der Waals surface area contributed by atoms with Crippen LogP contribution in [0.4, 0.5) is 4.39 Å². The summed E-state index contributed by atoms with van der Waals surface area (Å²) in [6.45, 7) is 1.97. The predicted molar refractivity (Wildman–Crippen MR) is 61.3 cm³/mol. The molecule has 0 amide bonds. The van der Waals surface area contributed by atoms with Gasteiger partial charge in [0, 0.05) is 5.56 Å². The van der Waals surface area contributed by atoms with Gasteiger partial charge in [-0.3, -0.25) is 0 Å². The van der Waals surface area contributed by atoms with Gasteiger partial charge in [-0.05, 0) is 30.7 Å². The first-order valence-corrected chi connectivity index (χ1v) is 4.97. The Kier molecular flexibility index (Phi) is 2.70. The first kappa shape index (κ1) is 10.4. The van der Waals surface area contributed by atoms with Gasteiger partial charge in [-0.1, -0.05) is 29.8 Å². The summed E-state index contributed by atoms with van der Waals surface area (Å²) in [7, 11) is 0. The van der Waals surface area contributed by atoms with Gasteiger partial charge in [0.25, 0.3) is 0 Å². The number of aryl methyl sites for hydroxylation is 1. The third-order valence-corrected chi connectivity index (χ3v) is 2.43. The molecule has 2 rings (SSSR count). The highest BCUT2D eigenvalue weighted by Gasteiger charge is 2.06. The number of nitrogens with zero attached hydrogens (tertiary/aromatic N) is 1. The summed E-state index contributed by atoms with van der Waals surface area (Å²) in [6, 6.07) is 14.0. The molecule has 0 heterocycles. The van der Waals surface area contributed by atoms with E-state index >= 15 is 0 Å². The molecule has 0 unspecified atom stereocenters. The van der Waals surface area contributed by atoms with Crippen LogP contribution in [-0.4, -0.2) is 0 Å². The first-order chi connectivity index (χ1) is 7.70. The average Bonchev–Trinajstić information content (AvgIpc) is 2.29. The molecule has 0 spiro atoms. The molecule has 0 bridgehead atoms. The lowest BCUT2D eigenvalue weighted by molar-refractivity contribution is 0.628. The minimum atomic E-state index is -0.324. The van der Waals surface area contributed by atoms with Gasteiger partial charge in [0.05, 0.1) is 11.6 Å². The molecule has 0 aliphatic carbocycles. The van der Waals surface area contributed by atoms with E-state index in [1.54, 1.807) is 0 Å². The van der Waals surface area contributed by atoms with Crippen LogP contribution in [0.15, 0.2) is 42.5 Å².